The van der Waals surface area contributed by atoms with Crippen LogP contribution in [0.5, 0.6) is 0 Å². The summed E-state index contributed by atoms with van der Waals surface area (Å²) in [5, 5.41) is 11.1. The maximum Gasteiger partial charge on any atom is 0.275 e. The fourth-order valence-corrected chi connectivity index (χ4v) is 2.83. The van der Waals surface area contributed by atoms with E-state index >= 15 is 0 Å². The van der Waals surface area contributed by atoms with Crippen LogP contribution < -0.4 is 5.32 Å². The molecule has 0 spiro atoms. The molecule has 0 radical (unpaired) electrons. The first-order valence-corrected chi connectivity index (χ1v) is 7.68. The molecule has 0 bridgehead atoms. The number of dihydropyridines is 1. The number of amides is 1. The number of carbonyl (C=O) groups excluding carboxylic acids is 1. The number of anilines is 1. The molecule has 2 aromatic rings. The van der Waals surface area contributed by atoms with Gasteiger partial charge in [0.1, 0.15) is 0 Å². The normalized spacial score (nSPS) is 20.0. The zero-order chi connectivity index (χ0) is 15.8. The highest BCUT2D eigenvalue weighted by Crippen LogP contribution is 2.22. The number of nitrogens with one attached hydrogen (secondary N) is 2. The maximum atomic E-state index is 12.1. The van der Waals surface area contributed by atoms with Crippen molar-refractivity contribution in [3.8, 4) is 0 Å². The van der Waals surface area contributed by atoms with Gasteiger partial charge in [0.15, 0.2) is 0 Å². The van der Waals surface area contributed by atoms with E-state index in [1.165, 1.54) is 0 Å². The molecule has 1 aliphatic heterocycles. The highest BCUT2D eigenvalue weighted by molar-refractivity contribution is 6.27. The number of hydrogen-bond acceptors (Lipinski definition) is 3. The van der Waals surface area contributed by atoms with Gasteiger partial charge in [-0.15, -0.1) is 11.6 Å². The number of rotatable bonds is 3. The summed E-state index contributed by atoms with van der Waals surface area (Å²) in [6.07, 6.45) is 9.12. The zero-order valence-electron chi connectivity index (χ0n) is 12.1. The molecule has 2 aliphatic rings. The van der Waals surface area contributed by atoms with Crippen molar-refractivity contribution in [2.75, 3.05) is 11.9 Å². The summed E-state index contributed by atoms with van der Waals surface area (Å²) >= 11 is 6.08. The lowest BCUT2D eigenvalue weighted by atomic mass is 9.97. The Morgan fingerprint density at radius 3 is 3.17 bits per heavy atom. The van der Waals surface area contributed by atoms with Crippen LogP contribution in [0.4, 0.5) is 5.69 Å². The fourth-order valence-electron chi connectivity index (χ4n) is 2.62. The number of benzene rings is 1. The molecule has 2 heterocycles. The lowest BCUT2D eigenvalue weighted by Crippen LogP contribution is -2.20. The Kier molecular flexibility index (Phi) is 3.35. The average molecular weight is 325 g/mol. The van der Waals surface area contributed by atoms with Gasteiger partial charge < -0.3 is 5.32 Å². The maximum absolute atomic E-state index is 12.1. The first-order valence-electron chi connectivity index (χ1n) is 7.24. The van der Waals surface area contributed by atoms with Gasteiger partial charge in [-0.05, 0) is 35.9 Å². The van der Waals surface area contributed by atoms with Crippen LogP contribution in [-0.2, 0) is 4.79 Å². The first-order chi connectivity index (χ1) is 11.2. The quantitative estimate of drug-likeness (QED) is 0.853. The van der Waals surface area contributed by atoms with E-state index in [4.69, 9.17) is 11.6 Å². The minimum absolute atomic E-state index is 0.162. The molecular weight excluding hydrogens is 312 g/mol. The molecule has 1 aliphatic carbocycles. The van der Waals surface area contributed by atoms with E-state index in [1.54, 1.807) is 12.3 Å². The lowest BCUT2D eigenvalue weighted by molar-refractivity contribution is -0.114. The second kappa shape index (κ2) is 5.52. The van der Waals surface area contributed by atoms with Gasteiger partial charge in [0.05, 0.1) is 22.8 Å². The van der Waals surface area contributed by atoms with Crippen molar-refractivity contribution in [3.05, 3.63) is 59.8 Å². The van der Waals surface area contributed by atoms with Gasteiger partial charge in [0, 0.05) is 23.2 Å². The molecule has 0 saturated carbocycles. The van der Waals surface area contributed by atoms with Gasteiger partial charge in [-0.3, -0.25) is 9.89 Å². The van der Waals surface area contributed by atoms with Crippen LogP contribution in [0.2, 0.25) is 0 Å². The van der Waals surface area contributed by atoms with Crippen LogP contribution in [0.15, 0.2) is 64.8 Å². The van der Waals surface area contributed by atoms with Crippen molar-refractivity contribution < 1.29 is 4.79 Å². The minimum atomic E-state index is -0.218. The third kappa shape index (κ3) is 2.71. The predicted molar refractivity (Wildman–Crippen MR) is 92.0 cm³/mol. The Hall–Kier alpha value is -2.66. The number of H-pyrrole nitrogens is 1. The van der Waals surface area contributed by atoms with Crippen molar-refractivity contribution in [2.45, 2.75) is 5.38 Å². The summed E-state index contributed by atoms with van der Waals surface area (Å²) in [4.78, 5) is 16.2. The monoisotopic (exact) mass is 324 g/mol. The molecule has 4 rings (SSSR count). The fraction of sp³-hybridized carbons (Fsp3) is 0.118. The van der Waals surface area contributed by atoms with Gasteiger partial charge in [-0.1, -0.05) is 12.2 Å². The van der Waals surface area contributed by atoms with Crippen LogP contribution in [0, 0.1) is 0 Å². The number of aromatic nitrogens is 2. The average Bonchev–Trinajstić information content (AvgIpc) is 3.01. The highest BCUT2D eigenvalue weighted by Gasteiger charge is 2.20. The van der Waals surface area contributed by atoms with E-state index < -0.39 is 0 Å². The standard InChI is InChI=1S/C17H13ClN4O/c18-13-2-4-15-11(6-13)5-12(17(23)21-15)8-19-14-3-1-10-9-20-22-16(10)7-14/h1-7,9,13,19H,8H2,(H,20,22). The van der Waals surface area contributed by atoms with Gasteiger partial charge in [0.2, 0.25) is 0 Å². The summed E-state index contributed by atoms with van der Waals surface area (Å²) in [5.41, 5.74) is 4.05. The molecule has 1 aromatic heterocycles. The molecule has 114 valence electrons. The van der Waals surface area contributed by atoms with Crippen molar-refractivity contribution in [1.29, 1.82) is 0 Å². The number of aromatic amines is 1. The molecule has 0 fully saturated rings. The molecule has 1 atom stereocenters. The number of hydrogen-bond donors (Lipinski definition) is 2. The molecule has 5 nitrogen and oxygen atoms in total. The summed E-state index contributed by atoms with van der Waals surface area (Å²) in [7, 11) is 0. The summed E-state index contributed by atoms with van der Waals surface area (Å²) in [6, 6.07) is 5.89. The van der Waals surface area contributed by atoms with E-state index in [0.717, 1.165) is 22.2 Å². The van der Waals surface area contributed by atoms with Crippen LogP contribution >= 0.6 is 11.6 Å². The zero-order valence-corrected chi connectivity index (χ0v) is 12.8. The Morgan fingerprint density at radius 1 is 1.35 bits per heavy atom. The predicted octanol–water partition coefficient (Wildman–Crippen LogP) is 2.99. The number of nitrogens with zero attached hydrogens (tertiary/aromatic N) is 2. The van der Waals surface area contributed by atoms with Crippen molar-refractivity contribution in [2.24, 2.45) is 4.99 Å². The number of carbonyl (C=O) groups is 1. The molecule has 23 heavy (non-hydrogen) atoms. The Balaban J connectivity index is 1.53. The topological polar surface area (TPSA) is 70.1 Å². The van der Waals surface area contributed by atoms with Crippen LogP contribution in [0.1, 0.15) is 0 Å². The Bertz CT molecular complexity index is 920. The van der Waals surface area contributed by atoms with Crippen LogP contribution in [-0.4, -0.2) is 33.7 Å². The van der Waals surface area contributed by atoms with Crippen molar-refractivity contribution in [1.82, 2.24) is 10.2 Å². The summed E-state index contributed by atoms with van der Waals surface area (Å²) < 4.78 is 0. The van der Waals surface area contributed by atoms with E-state index in [1.807, 2.05) is 36.4 Å². The second-order valence-corrected chi connectivity index (χ2v) is 5.93. The van der Waals surface area contributed by atoms with Crippen molar-refractivity contribution >= 4 is 39.8 Å². The lowest BCUT2D eigenvalue weighted by Gasteiger charge is -2.17. The van der Waals surface area contributed by atoms with Crippen LogP contribution in [0.25, 0.3) is 10.9 Å². The van der Waals surface area contributed by atoms with Gasteiger partial charge in [-0.25, -0.2) is 4.99 Å². The Labute approximate surface area is 137 Å². The number of allylic oxidation sites excluding steroid dienone is 5. The van der Waals surface area contributed by atoms with Crippen LogP contribution in [0.3, 0.4) is 0 Å². The molecule has 6 heteroatoms. The molecule has 1 amide bonds. The smallest absolute Gasteiger partial charge is 0.275 e. The minimum Gasteiger partial charge on any atom is -0.381 e. The number of aliphatic imine (C=N–C) groups is 1. The second-order valence-electron chi connectivity index (χ2n) is 5.42. The third-order valence-electron chi connectivity index (χ3n) is 3.82. The number of alkyl halides is 1. The molecule has 0 saturated heterocycles. The van der Waals surface area contributed by atoms with Gasteiger partial charge in [-0.2, -0.15) is 5.10 Å². The van der Waals surface area contributed by atoms with Gasteiger partial charge >= 0.3 is 0 Å². The summed E-state index contributed by atoms with van der Waals surface area (Å²) in [5.74, 6) is -0.218. The molecular formula is C17H13ClN4O. The highest BCUT2D eigenvalue weighted by atomic mass is 35.5. The number of fused-ring (bicyclic) bond motifs is 2. The van der Waals surface area contributed by atoms with E-state index in [-0.39, 0.29) is 11.3 Å². The Morgan fingerprint density at radius 2 is 2.26 bits per heavy atom. The molecule has 1 unspecified atom stereocenters. The SMILES string of the molecule is O=C1N=C2C=CC(Cl)C=C2C=C1CNc1ccc2cn[nH]c2c1. The van der Waals surface area contributed by atoms with E-state index in [2.05, 4.69) is 20.5 Å². The van der Waals surface area contributed by atoms with E-state index in [9.17, 15) is 4.79 Å². The molecule has 2 N–H and O–H groups in total. The third-order valence-corrected chi connectivity index (χ3v) is 4.10. The largest absolute Gasteiger partial charge is 0.381 e. The first kappa shape index (κ1) is 14.0. The van der Waals surface area contributed by atoms with Gasteiger partial charge in [0.25, 0.3) is 5.91 Å². The van der Waals surface area contributed by atoms with E-state index in [0.29, 0.717) is 17.8 Å². The van der Waals surface area contributed by atoms with Crippen molar-refractivity contribution in [3.63, 3.8) is 0 Å². The molecule has 1 aromatic carbocycles. The summed E-state index contributed by atoms with van der Waals surface area (Å²) in [6.45, 7) is 0.406. The number of halogens is 1.